The molecular formula is C16H32N2O3. The van der Waals surface area contributed by atoms with Crippen molar-refractivity contribution in [2.45, 2.75) is 58.1 Å². The molecule has 0 radical (unpaired) electrons. The molecule has 0 aromatic carbocycles. The lowest BCUT2D eigenvalue weighted by Gasteiger charge is -2.30. The van der Waals surface area contributed by atoms with E-state index < -0.39 is 5.54 Å². The van der Waals surface area contributed by atoms with E-state index in [1.54, 1.807) is 0 Å². The van der Waals surface area contributed by atoms with Gasteiger partial charge in [-0.25, -0.2) is 0 Å². The van der Waals surface area contributed by atoms with Gasteiger partial charge in [0.25, 0.3) is 0 Å². The summed E-state index contributed by atoms with van der Waals surface area (Å²) >= 11 is 0. The lowest BCUT2D eigenvalue weighted by Crippen LogP contribution is -2.52. The van der Waals surface area contributed by atoms with Crippen molar-refractivity contribution in [3.05, 3.63) is 0 Å². The number of rotatable bonds is 9. The van der Waals surface area contributed by atoms with Crippen LogP contribution >= 0.6 is 0 Å². The summed E-state index contributed by atoms with van der Waals surface area (Å²) in [6, 6.07) is 0. The van der Waals surface area contributed by atoms with Crippen molar-refractivity contribution in [1.82, 2.24) is 4.90 Å². The fourth-order valence-electron chi connectivity index (χ4n) is 2.97. The first-order valence-electron chi connectivity index (χ1n) is 8.16. The van der Waals surface area contributed by atoms with Crippen molar-refractivity contribution in [2.75, 3.05) is 33.4 Å². The van der Waals surface area contributed by atoms with E-state index >= 15 is 0 Å². The molecular weight excluding hydrogens is 268 g/mol. The van der Waals surface area contributed by atoms with Crippen LogP contribution in [0.15, 0.2) is 0 Å². The number of carbonyl (C=O) groups excluding carboxylic acids is 1. The maximum Gasteiger partial charge on any atom is 0.326 e. The van der Waals surface area contributed by atoms with Gasteiger partial charge in [-0.1, -0.05) is 6.42 Å². The highest BCUT2D eigenvalue weighted by molar-refractivity contribution is 5.81. The summed E-state index contributed by atoms with van der Waals surface area (Å²) in [5.74, 6) is 0.00307. The molecule has 0 spiro atoms. The molecule has 0 amide bonds. The molecule has 0 aromatic heterocycles. The number of nitrogens with zero attached hydrogens (tertiary/aromatic N) is 1. The minimum Gasteiger partial charge on any atom is -0.465 e. The van der Waals surface area contributed by atoms with E-state index in [4.69, 9.17) is 15.2 Å². The van der Waals surface area contributed by atoms with E-state index in [1.165, 1.54) is 0 Å². The van der Waals surface area contributed by atoms with Gasteiger partial charge in [-0.3, -0.25) is 4.79 Å². The topological polar surface area (TPSA) is 64.8 Å². The zero-order chi connectivity index (χ0) is 15.9. The maximum absolute atomic E-state index is 12.1. The molecule has 1 aliphatic carbocycles. The molecule has 0 aromatic rings. The molecule has 2 unspecified atom stereocenters. The van der Waals surface area contributed by atoms with Gasteiger partial charge in [-0.15, -0.1) is 0 Å². The lowest BCUT2D eigenvalue weighted by atomic mass is 9.85. The number of ether oxygens (including phenoxy) is 2. The normalized spacial score (nSPS) is 25.8. The Labute approximate surface area is 129 Å². The first kappa shape index (κ1) is 18.4. The molecule has 5 nitrogen and oxygen atoms in total. The Balaban J connectivity index is 2.37. The second-order valence-corrected chi connectivity index (χ2v) is 6.36. The van der Waals surface area contributed by atoms with Gasteiger partial charge in [0.05, 0.1) is 19.3 Å². The highest BCUT2D eigenvalue weighted by Gasteiger charge is 2.46. The van der Waals surface area contributed by atoms with Crippen LogP contribution in [0.4, 0.5) is 0 Å². The summed E-state index contributed by atoms with van der Waals surface area (Å²) in [6.45, 7) is 8.89. The fraction of sp³-hybridized carbons (Fsp3) is 0.938. The molecule has 1 rings (SSSR count). The predicted molar refractivity (Wildman–Crippen MR) is 84.1 cm³/mol. The van der Waals surface area contributed by atoms with Gasteiger partial charge in [0.15, 0.2) is 0 Å². The van der Waals surface area contributed by atoms with Crippen molar-refractivity contribution in [3.8, 4) is 0 Å². The zero-order valence-corrected chi connectivity index (χ0v) is 14.1. The Hall–Kier alpha value is -0.650. The van der Waals surface area contributed by atoms with Crippen LogP contribution in [0.1, 0.15) is 46.5 Å². The number of hydrogen-bond donors (Lipinski definition) is 1. The molecule has 0 aliphatic heterocycles. The van der Waals surface area contributed by atoms with Crippen molar-refractivity contribution in [3.63, 3.8) is 0 Å². The first-order chi connectivity index (χ1) is 9.90. The summed E-state index contributed by atoms with van der Waals surface area (Å²) in [5, 5.41) is 0. The van der Waals surface area contributed by atoms with Crippen LogP contribution in [0.5, 0.6) is 0 Å². The summed E-state index contributed by atoms with van der Waals surface area (Å²) in [5.41, 5.74) is 5.57. The number of likely N-dealkylation sites (N-methyl/N-ethyl adjacent to an activating group) is 1. The minimum absolute atomic E-state index is 0.224. The van der Waals surface area contributed by atoms with Gasteiger partial charge in [0, 0.05) is 6.54 Å². The van der Waals surface area contributed by atoms with Crippen LogP contribution < -0.4 is 5.73 Å². The standard InChI is InChI=1S/C16H32N2O3/c1-5-20-15(19)16(17)9-6-7-14(16)8-10-18(4)11-12-21-13(2)3/h13-14H,5-12,17H2,1-4H3. The van der Waals surface area contributed by atoms with Gasteiger partial charge in [-0.05, 0) is 59.5 Å². The van der Waals surface area contributed by atoms with Gasteiger partial charge in [0.1, 0.15) is 5.54 Å². The second kappa shape index (κ2) is 8.71. The predicted octanol–water partition coefficient (Wildman–Crippen LogP) is 1.79. The lowest BCUT2D eigenvalue weighted by molar-refractivity contribution is -0.151. The fourth-order valence-corrected chi connectivity index (χ4v) is 2.97. The van der Waals surface area contributed by atoms with Crippen LogP contribution in [0.25, 0.3) is 0 Å². The molecule has 1 saturated carbocycles. The molecule has 21 heavy (non-hydrogen) atoms. The Morgan fingerprint density at radius 1 is 1.43 bits per heavy atom. The van der Waals surface area contributed by atoms with Gasteiger partial charge >= 0.3 is 5.97 Å². The smallest absolute Gasteiger partial charge is 0.326 e. The van der Waals surface area contributed by atoms with E-state index in [2.05, 4.69) is 11.9 Å². The van der Waals surface area contributed by atoms with E-state index in [-0.39, 0.29) is 18.0 Å². The van der Waals surface area contributed by atoms with E-state index in [9.17, 15) is 4.79 Å². The molecule has 124 valence electrons. The summed E-state index contributed by atoms with van der Waals surface area (Å²) in [7, 11) is 2.08. The molecule has 0 bridgehead atoms. The zero-order valence-electron chi connectivity index (χ0n) is 14.1. The molecule has 5 heteroatoms. The van der Waals surface area contributed by atoms with Crippen molar-refractivity contribution in [1.29, 1.82) is 0 Å². The van der Waals surface area contributed by atoms with Gasteiger partial charge < -0.3 is 20.1 Å². The Morgan fingerprint density at radius 3 is 2.76 bits per heavy atom. The van der Waals surface area contributed by atoms with E-state index in [0.717, 1.165) is 45.4 Å². The Kier molecular flexibility index (Phi) is 7.63. The Bertz CT molecular complexity index is 323. The third-order valence-corrected chi connectivity index (χ3v) is 4.31. The molecule has 1 aliphatic rings. The monoisotopic (exact) mass is 300 g/mol. The Morgan fingerprint density at radius 2 is 2.14 bits per heavy atom. The van der Waals surface area contributed by atoms with Crippen LogP contribution in [0, 0.1) is 5.92 Å². The second-order valence-electron chi connectivity index (χ2n) is 6.36. The minimum atomic E-state index is -0.773. The van der Waals surface area contributed by atoms with Crippen LogP contribution in [-0.2, 0) is 14.3 Å². The van der Waals surface area contributed by atoms with Crippen LogP contribution in [0.3, 0.4) is 0 Å². The molecule has 2 atom stereocenters. The van der Waals surface area contributed by atoms with Crippen molar-refractivity contribution >= 4 is 5.97 Å². The quantitative estimate of drug-likeness (QED) is 0.658. The molecule has 2 N–H and O–H groups in total. The molecule has 0 saturated heterocycles. The number of carbonyl (C=O) groups is 1. The summed E-state index contributed by atoms with van der Waals surface area (Å²) < 4.78 is 10.7. The average molecular weight is 300 g/mol. The number of nitrogens with two attached hydrogens (primary N) is 1. The number of hydrogen-bond acceptors (Lipinski definition) is 5. The highest BCUT2D eigenvalue weighted by atomic mass is 16.5. The third-order valence-electron chi connectivity index (χ3n) is 4.31. The first-order valence-corrected chi connectivity index (χ1v) is 8.16. The van der Waals surface area contributed by atoms with Gasteiger partial charge in [-0.2, -0.15) is 0 Å². The summed E-state index contributed by atoms with van der Waals surface area (Å²) in [4.78, 5) is 14.3. The van der Waals surface area contributed by atoms with Crippen molar-refractivity contribution < 1.29 is 14.3 Å². The van der Waals surface area contributed by atoms with Crippen molar-refractivity contribution in [2.24, 2.45) is 11.7 Å². The highest BCUT2D eigenvalue weighted by Crippen LogP contribution is 2.37. The maximum atomic E-state index is 12.1. The SMILES string of the molecule is CCOC(=O)C1(N)CCCC1CCN(C)CCOC(C)C. The third kappa shape index (κ3) is 5.57. The van der Waals surface area contributed by atoms with E-state index in [0.29, 0.717) is 6.61 Å². The van der Waals surface area contributed by atoms with E-state index in [1.807, 2.05) is 20.8 Å². The number of esters is 1. The van der Waals surface area contributed by atoms with Crippen LogP contribution in [-0.4, -0.2) is 55.9 Å². The largest absolute Gasteiger partial charge is 0.465 e. The van der Waals surface area contributed by atoms with Gasteiger partial charge in [0.2, 0.25) is 0 Å². The summed E-state index contributed by atoms with van der Waals surface area (Å²) in [6.07, 6.45) is 3.99. The average Bonchev–Trinajstić information content (AvgIpc) is 2.79. The van der Waals surface area contributed by atoms with Crippen LogP contribution in [0.2, 0.25) is 0 Å². The molecule has 0 heterocycles. The molecule has 1 fully saturated rings.